The van der Waals surface area contributed by atoms with Crippen LogP contribution in [0.1, 0.15) is 43.8 Å². The van der Waals surface area contributed by atoms with Gasteiger partial charge in [-0.3, -0.25) is 4.79 Å². The van der Waals surface area contributed by atoms with Gasteiger partial charge in [0.05, 0.1) is 12.7 Å². The van der Waals surface area contributed by atoms with E-state index in [9.17, 15) is 14.9 Å². The molecule has 0 spiro atoms. The van der Waals surface area contributed by atoms with Crippen LogP contribution < -0.4 is 5.32 Å². The molecule has 2 atom stereocenters. The lowest BCUT2D eigenvalue weighted by Gasteiger charge is -2.28. The van der Waals surface area contributed by atoms with Gasteiger partial charge in [-0.1, -0.05) is 32.0 Å². The van der Waals surface area contributed by atoms with Crippen LogP contribution in [0.25, 0.3) is 11.0 Å². The molecule has 0 radical (unpaired) electrons. The van der Waals surface area contributed by atoms with E-state index in [-0.39, 0.29) is 18.3 Å². The Morgan fingerprint density at radius 3 is 2.56 bits per heavy atom. The predicted molar refractivity (Wildman–Crippen MR) is 98.8 cm³/mol. The number of esters is 1. The van der Waals surface area contributed by atoms with Gasteiger partial charge in [-0.05, 0) is 25.8 Å². The standard InChI is InChI=1S/C20H24N2O5/c1-12(2)20(4,11-21)22-18(23)13(3)26-19(24)17-15(10-25-5)14-8-6-7-9-16(14)27-17/h6-9,12-13H,10H2,1-5H3,(H,22,23). The molecule has 1 aromatic carbocycles. The fourth-order valence-corrected chi connectivity index (χ4v) is 2.48. The van der Waals surface area contributed by atoms with E-state index in [2.05, 4.69) is 11.4 Å². The van der Waals surface area contributed by atoms with Crippen LogP contribution in [0.15, 0.2) is 28.7 Å². The van der Waals surface area contributed by atoms with Gasteiger partial charge in [0.2, 0.25) is 5.76 Å². The number of nitrogens with one attached hydrogen (secondary N) is 1. The third kappa shape index (κ3) is 4.29. The van der Waals surface area contributed by atoms with Crippen molar-refractivity contribution in [2.45, 2.75) is 45.9 Å². The Morgan fingerprint density at radius 2 is 1.96 bits per heavy atom. The van der Waals surface area contributed by atoms with Gasteiger partial charge in [0.15, 0.2) is 6.10 Å². The van der Waals surface area contributed by atoms with Gasteiger partial charge in [0, 0.05) is 18.1 Å². The Morgan fingerprint density at radius 1 is 1.30 bits per heavy atom. The van der Waals surface area contributed by atoms with Crippen molar-refractivity contribution in [3.63, 3.8) is 0 Å². The van der Waals surface area contributed by atoms with Crippen LogP contribution in [0, 0.1) is 17.2 Å². The van der Waals surface area contributed by atoms with Crippen LogP contribution in [-0.2, 0) is 20.9 Å². The molecule has 144 valence electrons. The highest BCUT2D eigenvalue weighted by atomic mass is 16.6. The summed E-state index contributed by atoms with van der Waals surface area (Å²) in [5.41, 5.74) is 0.0402. The van der Waals surface area contributed by atoms with Crippen LogP contribution in [0.4, 0.5) is 0 Å². The smallest absolute Gasteiger partial charge is 0.375 e. The molecule has 27 heavy (non-hydrogen) atoms. The fraction of sp³-hybridized carbons (Fsp3) is 0.450. The van der Waals surface area contributed by atoms with Crippen molar-refractivity contribution in [3.05, 3.63) is 35.6 Å². The lowest BCUT2D eigenvalue weighted by atomic mass is 9.90. The summed E-state index contributed by atoms with van der Waals surface area (Å²) in [6.45, 7) is 6.89. The molecule has 1 heterocycles. The van der Waals surface area contributed by atoms with Gasteiger partial charge in [-0.2, -0.15) is 5.26 Å². The molecule has 0 bridgehead atoms. The Kier molecular flexibility index (Phi) is 6.24. The average molecular weight is 372 g/mol. The summed E-state index contributed by atoms with van der Waals surface area (Å²) < 4.78 is 16.1. The molecule has 2 rings (SSSR count). The van der Waals surface area contributed by atoms with Crippen molar-refractivity contribution in [2.24, 2.45) is 5.92 Å². The predicted octanol–water partition coefficient (Wildman–Crippen LogP) is 3.18. The number of fused-ring (bicyclic) bond motifs is 1. The minimum atomic E-state index is -1.09. The fourth-order valence-electron chi connectivity index (χ4n) is 2.48. The molecule has 1 amide bonds. The van der Waals surface area contributed by atoms with Crippen LogP contribution in [-0.4, -0.2) is 30.6 Å². The third-order valence-corrected chi connectivity index (χ3v) is 4.60. The Balaban J connectivity index is 2.19. The first-order valence-corrected chi connectivity index (χ1v) is 8.67. The molecule has 0 fully saturated rings. The first-order chi connectivity index (χ1) is 12.7. The van der Waals surface area contributed by atoms with Crippen molar-refractivity contribution >= 4 is 22.8 Å². The minimum absolute atomic E-state index is 0.00426. The van der Waals surface area contributed by atoms with Gasteiger partial charge in [-0.15, -0.1) is 0 Å². The van der Waals surface area contributed by atoms with E-state index in [1.165, 1.54) is 14.0 Å². The molecule has 0 aliphatic heterocycles. The van der Waals surface area contributed by atoms with E-state index in [1.54, 1.807) is 19.1 Å². The number of nitrogens with zero attached hydrogens (tertiary/aromatic N) is 1. The third-order valence-electron chi connectivity index (χ3n) is 4.60. The number of methoxy groups -OCH3 is 1. The molecule has 7 nitrogen and oxygen atoms in total. The zero-order chi connectivity index (χ0) is 20.2. The number of hydrogen-bond acceptors (Lipinski definition) is 6. The second kappa shape index (κ2) is 8.23. The summed E-state index contributed by atoms with van der Waals surface area (Å²) in [6.07, 6.45) is -1.09. The number of benzene rings is 1. The maximum atomic E-state index is 12.6. The van der Waals surface area contributed by atoms with Gasteiger partial charge >= 0.3 is 5.97 Å². The van der Waals surface area contributed by atoms with Crippen LogP contribution in [0.5, 0.6) is 0 Å². The maximum absolute atomic E-state index is 12.6. The molecule has 0 aliphatic rings. The number of amides is 1. The highest BCUT2D eigenvalue weighted by Crippen LogP contribution is 2.27. The topological polar surface area (TPSA) is 102 Å². The molecule has 0 saturated carbocycles. The molecule has 0 aliphatic carbocycles. The van der Waals surface area contributed by atoms with Crippen molar-refractivity contribution in [1.29, 1.82) is 5.26 Å². The molecule has 7 heteroatoms. The van der Waals surface area contributed by atoms with Crippen LogP contribution in [0.3, 0.4) is 0 Å². The normalized spacial score (nSPS) is 14.4. The first-order valence-electron chi connectivity index (χ1n) is 8.67. The Labute approximate surface area is 158 Å². The van der Waals surface area contributed by atoms with Crippen molar-refractivity contribution in [3.8, 4) is 6.07 Å². The number of rotatable bonds is 7. The number of ether oxygens (including phenoxy) is 2. The maximum Gasteiger partial charge on any atom is 0.375 e. The largest absolute Gasteiger partial charge is 0.449 e. The van der Waals surface area contributed by atoms with Gasteiger partial charge in [0.25, 0.3) is 5.91 Å². The Hall–Kier alpha value is -2.85. The van der Waals surface area contributed by atoms with E-state index in [1.807, 2.05) is 26.0 Å². The Bertz CT molecular complexity index is 880. The zero-order valence-corrected chi connectivity index (χ0v) is 16.2. The molecular weight excluding hydrogens is 348 g/mol. The van der Waals surface area contributed by atoms with Gasteiger partial charge in [-0.25, -0.2) is 4.79 Å². The van der Waals surface area contributed by atoms with Gasteiger partial charge in [0.1, 0.15) is 11.1 Å². The molecule has 2 aromatic rings. The number of hydrogen-bond donors (Lipinski definition) is 1. The number of nitriles is 1. The number of para-hydroxylation sites is 1. The van der Waals surface area contributed by atoms with E-state index >= 15 is 0 Å². The van der Waals surface area contributed by atoms with E-state index in [4.69, 9.17) is 13.9 Å². The van der Waals surface area contributed by atoms with E-state index in [0.29, 0.717) is 11.1 Å². The zero-order valence-electron chi connectivity index (χ0n) is 16.2. The SMILES string of the molecule is COCc1c(C(=O)OC(C)C(=O)NC(C)(C#N)C(C)C)oc2ccccc12. The molecular formula is C20H24N2O5. The highest BCUT2D eigenvalue weighted by Gasteiger charge is 2.33. The molecule has 1 aromatic heterocycles. The summed E-state index contributed by atoms with van der Waals surface area (Å²) in [4.78, 5) is 25.0. The molecule has 0 saturated heterocycles. The van der Waals surface area contributed by atoms with E-state index < -0.39 is 23.5 Å². The quantitative estimate of drug-likeness (QED) is 0.749. The second-order valence-electron chi connectivity index (χ2n) is 6.84. The summed E-state index contributed by atoms with van der Waals surface area (Å²) in [5.74, 6) is -1.42. The number of carbonyl (C=O) groups excluding carboxylic acids is 2. The summed E-state index contributed by atoms with van der Waals surface area (Å²) >= 11 is 0. The first kappa shape index (κ1) is 20.5. The highest BCUT2D eigenvalue weighted by molar-refractivity contribution is 5.97. The molecule has 1 N–H and O–H groups in total. The van der Waals surface area contributed by atoms with Crippen LogP contribution >= 0.6 is 0 Å². The van der Waals surface area contributed by atoms with Crippen molar-refractivity contribution < 1.29 is 23.5 Å². The summed E-state index contributed by atoms with van der Waals surface area (Å²) in [6, 6.07) is 9.27. The molecule has 2 unspecified atom stereocenters. The van der Waals surface area contributed by atoms with Crippen molar-refractivity contribution in [2.75, 3.05) is 7.11 Å². The number of furan rings is 1. The van der Waals surface area contributed by atoms with E-state index in [0.717, 1.165) is 5.39 Å². The van der Waals surface area contributed by atoms with Gasteiger partial charge < -0.3 is 19.2 Å². The van der Waals surface area contributed by atoms with Crippen LogP contribution in [0.2, 0.25) is 0 Å². The second-order valence-corrected chi connectivity index (χ2v) is 6.84. The van der Waals surface area contributed by atoms with Crippen molar-refractivity contribution in [1.82, 2.24) is 5.32 Å². The number of carbonyl (C=O) groups is 2. The lowest BCUT2D eigenvalue weighted by Crippen LogP contribution is -2.52. The summed E-state index contributed by atoms with van der Waals surface area (Å²) in [7, 11) is 1.52. The summed E-state index contributed by atoms with van der Waals surface area (Å²) in [5, 5.41) is 12.7. The lowest BCUT2D eigenvalue weighted by molar-refractivity contribution is -0.130. The average Bonchev–Trinajstić information content (AvgIpc) is 3.00. The minimum Gasteiger partial charge on any atom is -0.449 e. The monoisotopic (exact) mass is 372 g/mol.